The Morgan fingerprint density at radius 3 is 3.00 bits per heavy atom. The van der Waals surface area contributed by atoms with Crippen molar-refractivity contribution >= 4 is 5.91 Å². The second kappa shape index (κ2) is 5.90. The fourth-order valence-electron chi connectivity index (χ4n) is 2.64. The monoisotopic (exact) mass is 301 g/mol. The number of carbonyl (C=O) groups excluding carboxylic acids is 1. The van der Waals surface area contributed by atoms with Crippen LogP contribution in [0.5, 0.6) is 0 Å². The summed E-state index contributed by atoms with van der Waals surface area (Å²) in [7, 11) is 0. The van der Waals surface area contributed by atoms with Crippen molar-refractivity contribution in [3.05, 3.63) is 41.4 Å². The van der Waals surface area contributed by atoms with Gasteiger partial charge in [-0.05, 0) is 13.0 Å². The van der Waals surface area contributed by atoms with E-state index < -0.39 is 6.23 Å². The molecule has 2 N–H and O–H groups in total. The second-order valence-electron chi connectivity index (χ2n) is 5.34. The van der Waals surface area contributed by atoms with E-state index in [1.165, 1.54) is 0 Å². The fraction of sp³-hybridized carbons (Fsp3) is 0.375. The smallest absolute Gasteiger partial charge is 0.278 e. The number of hydrogen-bond acceptors (Lipinski definition) is 5. The third-order valence-electron chi connectivity index (χ3n) is 3.67. The Bertz CT molecular complexity index is 696. The van der Waals surface area contributed by atoms with Gasteiger partial charge >= 0.3 is 0 Å². The number of hydrogen-bond donors (Lipinski definition) is 1. The predicted molar refractivity (Wildman–Crippen MR) is 81.2 cm³/mol. The zero-order valence-corrected chi connectivity index (χ0v) is 12.7. The maximum absolute atomic E-state index is 12.8. The van der Waals surface area contributed by atoms with E-state index in [0.29, 0.717) is 30.5 Å². The molecule has 1 amide bonds. The standard InChI is InChI=1S/C16H19N3O3/c1-10-4-3-5-12(8-10)15-14(18-11(2)22-15)16(20)19-6-7-21-13(19)9-17/h3-5,8,13H,6-7,9,17H2,1-2H3. The van der Waals surface area contributed by atoms with Crippen LogP contribution in [0, 0.1) is 13.8 Å². The maximum Gasteiger partial charge on any atom is 0.278 e. The van der Waals surface area contributed by atoms with Gasteiger partial charge in [0.2, 0.25) is 0 Å². The number of aromatic nitrogens is 1. The van der Waals surface area contributed by atoms with E-state index in [1.54, 1.807) is 11.8 Å². The van der Waals surface area contributed by atoms with Crippen LogP contribution in [0.4, 0.5) is 0 Å². The molecule has 1 aliphatic rings. The topological polar surface area (TPSA) is 81.6 Å². The van der Waals surface area contributed by atoms with Gasteiger partial charge in [0.15, 0.2) is 17.3 Å². The van der Waals surface area contributed by atoms with Crippen LogP contribution in [0.1, 0.15) is 21.9 Å². The van der Waals surface area contributed by atoms with Gasteiger partial charge in [0, 0.05) is 25.6 Å². The number of nitrogens with two attached hydrogens (primary N) is 1. The van der Waals surface area contributed by atoms with Crippen molar-refractivity contribution in [2.45, 2.75) is 20.1 Å². The van der Waals surface area contributed by atoms with Crippen LogP contribution in [0.2, 0.25) is 0 Å². The molecule has 0 aliphatic carbocycles. The molecule has 6 heteroatoms. The van der Waals surface area contributed by atoms with Crippen LogP contribution in [-0.4, -0.2) is 41.7 Å². The highest BCUT2D eigenvalue weighted by atomic mass is 16.5. The van der Waals surface area contributed by atoms with Gasteiger partial charge < -0.3 is 19.8 Å². The molecule has 1 atom stereocenters. The molecule has 1 fully saturated rings. The Labute approximate surface area is 128 Å². The number of nitrogens with zero attached hydrogens (tertiary/aromatic N) is 2. The molecule has 0 radical (unpaired) electrons. The van der Waals surface area contributed by atoms with Gasteiger partial charge in [-0.2, -0.15) is 0 Å². The van der Waals surface area contributed by atoms with Gasteiger partial charge in [0.1, 0.15) is 6.23 Å². The molecule has 0 saturated carbocycles. The number of carbonyl (C=O) groups is 1. The van der Waals surface area contributed by atoms with Gasteiger partial charge in [0.05, 0.1) is 6.61 Å². The summed E-state index contributed by atoms with van der Waals surface area (Å²) in [6.07, 6.45) is -0.394. The van der Waals surface area contributed by atoms with Crippen LogP contribution >= 0.6 is 0 Å². The number of oxazole rings is 1. The van der Waals surface area contributed by atoms with E-state index in [2.05, 4.69) is 4.98 Å². The van der Waals surface area contributed by atoms with Crippen LogP contribution in [0.25, 0.3) is 11.3 Å². The quantitative estimate of drug-likeness (QED) is 0.933. The third-order valence-corrected chi connectivity index (χ3v) is 3.67. The lowest BCUT2D eigenvalue weighted by Crippen LogP contribution is -2.41. The van der Waals surface area contributed by atoms with E-state index in [4.69, 9.17) is 14.9 Å². The molecule has 116 valence electrons. The average Bonchev–Trinajstić information content (AvgIpc) is 3.12. The van der Waals surface area contributed by atoms with Crippen molar-refractivity contribution in [3.63, 3.8) is 0 Å². The van der Waals surface area contributed by atoms with E-state index in [-0.39, 0.29) is 12.5 Å². The Morgan fingerprint density at radius 2 is 2.27 bits per heavy atom. The first-order chi connectivity index (χ1) is 10.6. The average molecular weight is 301 g/mol. The zero-order chi connectivity index (χ0) is 15.7. The van der Waals surface area contributed by atoms with Gasteiger partial charge in [-0.15, -0.1) is 0 Å². The molecular weight excluding hydrogens is 282 g/mol. The summed E-state index contributed by atoms with van der Waals surface area (Å²) in [6, 6.07) is 7.80. The molecule has 22 heavy (non-hydrogen) atoms. The molecule has 1 aromatic carbocycles. The maximum atomic E-state index is 12.8. The molecule has 0 spiro atoms. The first-order valence-corrected chi connectivity index (χ1v) is 7.27. The molecule has 3 rings (SSSR count). The summed E-state index contributed by atoms with van der Waals surface area (Å²) < 4.78 is 11.1. The van der Waals surface area contributed by atoms with Crippen LogP contribution in [-0.2, 0) is 4.74 Å². The summed E-state index contributed by atoms with van der Waals surface area (Å²) in [4.78, 5) is 18.7. The van der Waals surface area contributed by atoms with Gasteiger partial charge in [-0.1, -0.05) is 23.8 Å². The number of aryl methyl sites for hydroxylation is 2. The first-order valence-electron chi connectivity index (χ1n) is 7.27. The molecule has 2 heterocycles. The van der Waals surface area contributed by atoms with Crippen molar-refractivity contribution in [2.24, 2.45) is 5.73 Å². The van der Waals surface area contributed by atoms with Crippen molar-refractivity contribution < 1.29 is 13.9 Å². The SMILES string of the molecule is Cc1cccc(-c2oc(C)nc2C(=O)N2CCOC2CN)c1. The number of amides is 1. The Balaban J connectivity index is 1.99. The summed E-state index contributed by atoms with van der Waals surface area (Å²) >= 11 is 0. The second-order valence-corrected chi connectivity index (χ2v) is 5.34. The van der Waals surface area contributed by atoms with Crippen molar-refractivity contribution in [2.75, 3.05) is 19.7 Å². The normalized spacial score (nSPS) is 18.0. The predicted octanol–water partition coefficient (Wildman–Crippen LogP) is 1.72. The highest BCUT2D eigenvalue weighted by molar-refractivity contribution is 5.98. The molecule has 6 nitrogen and oxygen atoms in total. The van der Waals surface area contributed by atoms with Crippen LogP contribution in [0.15, 0.2) is 28.7 Å². The lowest BCUT2D eigenvalue weighted by molar-refractivity contribution is 0.0325. The molecule has 2 aromatic rings. The molecule has 0 bridgehead atoms. The van der Waals surface area contributed by atoms with E-state index in [9.17, 15) is 4.79 Å². The summed E-state index contributed by atoms with van der Waals surface area (Å²) in [5.41, 5.74) is 7.90. The Hall–Kier alpha value is -2.18. The van der Waals surface area contributed by atoms with E-state index in [0.717, 1.165) is 11.1 Å². The van der Waals surface area contributed by atoms with Gasteiger partial charge in [-0.3, -0.25) is 4.79 Å². The van der Waals surface area contributed by atoms with Crippen molar-refractivity contribution in [1.82, 2.24) is 9.88 Å². The number of benzene rings is 1. The highest BCUT2D eigenvalue weighted by Crippen LogP contribution is 2.27. The minimum Gasteiger partial charge on any atom is -0.440 e. The molecule has 1 aromatic heterocycles. The lowest BCUT2D eigenvalue weighted by Gasteiger charge is -2.20. The molecule has 1 aliphatic heterocycles. The minimum absolute atomic E-state index is 0.207. The van der Waals surface area contributed by atoms with E-state index in [1.807, 2.05) is 31.2 Å². The highest BCUT2D eigenvalue weighted by Gasteiger charge is 2.33. The van der Waals surface area contributed by atoms with E-state index >= 15 is 0 Å². The Kier molecular flexibility index (Phi) is 3.96. The lowest BCUT2D eigenvalue weighted by atomic mass is 10.1. The number of rotatable bonds is 3. The summed E-state index contributed by atoms with van der Waals surface area (Å²) in [6.45, 7) is 5.00. The largest absolute Gasteiger partial charge is 0.440 e. The summed E-state index contributed by atoms with van der Waals surface area (Å²) in [5, 5.41) is 0. The number of ether oxygens (including phenoxy) is 1. The summed E-state index contributed by atoms with van der Waals surface area (Å²) in [5.74, 6) is 0.749. The van der Waals surface area contributed by atoms with Crippen LogP contribution in [0.3, 0.4) is 0 Å². The Morgan fingerprint density at radius 1 is 1.45 bits per heavy atom. The molecule has 1 saturated heterocycles. The zero-order valence-electron chi connectivity index (χ0n) is 12.7. The van der Waals surface area contributed by atoms with Crippen molar-refractivity contribution in [1.29, 1.82) is 0 Å². The molecule has 1 unspecified atom stereocenters. The minimum atomic E-state index is -0.394. The van der Waals surface area contributed by atoms with Gasteiger partial charge in [0.25, 0.3) is 5.91 Å². The third kappa shape index (κ3) is 2.63. The van der Waals surface area contributed by atoms with Crippen molar-refractivity contribution in [3.8, 4) is 11.3 Å². The molecular formula is C16H19N3O3. The fourth-order valence-corrected chi connectivity index (χ4v) is 2.64. The van der Waals surface area contributed by atoms with Gasteiger partial charge in [-0.25, -0.2) is 4.98 Å². The first kappa shape index (κ1) is 14.7. The van der Waals surface area contributed by atoms with Crippen LogP contribution < -0.4 is 5.73 Å².